The lowest BCUT2D eigenvalue weighted by atomic mass is 10.0. The van der Waals surface area contributed by atoms with Crippen molar-refractivity contribution in [1.29, 1.82) is 0 Å². The predicted molar refractivity (Wildman–Crippen MR) is 200 cm³/mol. The van der Waals surface area contributed by atoms with Crippen LogP contribution in [0.5, 0.6) is 0 Å². The van der Waals surface area contributed by atoms with E-state index >= 15 is 17.6 Å². The Bertz CT molecular complexity index is 2640. The summed E-state index contributed by atoms with van der Waals surface area (Å²) in [6, 6.07) is 18.3. The van der Waals surface area contributed by atoms with Crippen LogP contribution in [0.15, 0.2) is 97.1 Å². The van der Waals surface area contributed by atoms with Crippen molar-refractivity contribution in [2.75, 3.05) is 0 Å². The molecule has 4 nitrogen and oxygen atoms in total. The normalized spacial score (nSPS) is 12.1. The molecule has 0 aliphatic carbocycles. The van der Waals surface area contributed by atoms with E-state index in [1.165, 1.54) is 48.6 Å². The van der Waals surface area contributed by atoms with Crippen LogP contribution in [0, 0.1) is 46.5 Å². The van der Waals surface area contributed by atoms with Crippen LogP contribution in [0.25, 0.3) is 90.9 Å². The summed E-state index contributed by atoms with van der Waals surface area (Å²) in [5.74, 6) is -7.02. The molecule has 5 heterocycles. The number of aromatic amines is 2. The van der Waals surface area contributed by atoms with Gasteiger partial charge in [-0.1, -0.05) is 0 Å². The Hall–Kier alpha value is -7.08. The molecule has 0 radical (unpaired) electrons. The Balaban J connectivity index is 1.50. The lowest BCUT2D eigenvalue weighted by Crippen LogP contribution is -1.94. The highest BCUT2D eigenvalue weighted by atomic mass is 19.2. The quantitative estimate of drug-likeness (QED) is 0.176. The first-order chi connectivity index (χ1) is 27.0. The summed E-state index contributed by atoms with van der Waals surface area (Å²) in [5, 5.41) is 0. The van der Waals surface area contributed by atoms with Gasteiger partial charge in [0.25, 0.3) is 0 Å². The lowest BCUT2D eigenvalue weighted by Gasteiger charge is -2.08. The molecule has 0 spiro atoms. The molecule has 56 heavy (non-hydrogen) atoms. The number of nitrogens with one attached hydrogen (secondary N) is 2. The zero-order valence-electron chi connectivity index (χ0n) is 28.5. The molecule has 9 rings (SSSR count). The summed E-state index contributed by atoms with van der Waals surface area (Å²) in [7, 11) is 0. The summed E-state index contributed by atoms with van der Waals surface area (Å²) in [6.07, 6.45) is 6.16. The van der Waals surface area contributed by atoms with Gasteiger partial charge >= 0.3 is 0 Å². The first-order valence-corrected chi connectivity index (χ1v) is 17.0. The van der Waals surface area contributed by atoms with Gasteiger partial charge in [0.1, 0.15) is 46.5 Å². The molecule has 2 aliphatic rings. The minimum atomic E-state index is -0.926. The molecule has 2 aliphatic heterocycles. The van der Waals surface area contributed by atoms with Crippen LogP contribution >= 0.6 is 0 Å². The molecule has 4 aromatic carbocycles. The standard InChI is InChI=1S/C44H22F8N4/c45-21-1-5-25(29(49)17-21)41-33-9-11-35(53-33)42(26-6-2-22(46)18-30(26)50)37-13-15-39(55-37)44(28-8-4-24(48)20-32(28)52)40-16-14-38(56-40)43(36-12-10-34(41)54-36)27-7-3-23(47)19-31(27)51/h1-20,53,56H. The van der Waals surface area contributed by atoms with Gasteiger partial charge in [0.2, 0.25) is 0 Å². The number of nitrogens with zero attached hydrogens (tertiary/aromatic N) is 2. The summed E-state index contributed by atoms with van der Waals surface area (Å²) >= 11 is 0. The molecule has 8 bridgehead atoms. The van der Waals surface area contributed by atoms with E-state index in [0.29, 0.717) is 24.3 Å². The highest BCUT2D eigenvalue weighted by Crippen LogP contribution is 2.40. The Morgan fingerprint density at radius 2 is 0.536 bits per heavy atom. The molecule has 0 unspecified atom stereocenters. The van der Waals surface area contributed by atoms with Crippen molar-refractivity contribution >= 4 is 46.4 Å². The highest BCUT2D eigenvalue weighted by molar-refractivity contribution is 6.00. The maximum atomic E-state index is 15.7. The third-order valence-electron chi connectivity index (χ3n) is 9.56. The van der Waals surface area contributed by atoms with Crippen molar-refractivity contribution in [3.63, 3.8) is 0 Å². The molecular formula is C44H22F8N4. The lowest BCUT2D eigenvalue weighted by molar-refractivity contribution is 0.585. The second kappa shape index (κ2) is 13.3. The first kappa shape index (κ1) is 34.7. The van der Waals surface area contributed by atoms with Crippen molar-refractivity contribution in [1.82, 2.24) is 19.9 Å². The molecular weight excluding hydrogens is 736 g/mol. The molecule has 3 aromatic heterocycles. The number of H-pyrrole nitrogens is 2. The third-order valence-corrected chi connectivity index (χ3v) is 9.56. The topological polar surface area (TPSA) is 57.4 Å². The Morgan fingerprint density at radius 3 is 0.750 bits per heavy atom. The van der Waals surface area contributed by atoms with Gasteiger partial charge in [-0.2, -0.15) is 0 Å². The van der Waals surface area contributed by atoms with Gasteiger partial charge in [-0.3, -0.25) is 0 Å². The smallest absolute Gasteiger partial charge is 0.134 e. The summed E-state index contributed by atoms with van der Waals surface area (Å²) in [5.41, 5.74) is 1.93. The first-order valence-electron chi connectivity index (χ1n) is 17.0. The van der Waals surface area contributed by atoms with E-state index in [1.54, 1.807) is 24.3 Å². The van der Waals surface area contributed by atoms with Crippen LogP contribution in [0.1, 0.15) is 22.8 Å². The van der Waals surface area contributed by atoms with Gasteiger partial charge in [0, 0.05) is 90.8 Å². The van der Waals surface area contributed by atoms with Crippen LogP contribution in [0.4, 0.5) is 35.1 Å². The van der Waals surface area contributed by atoms with Crippen molar-refractivity contribution in [3.05, 3.63) is 166 Å². The molecule has 0 atom stereocenters. The van der Waals surface area contributed by atoms with E-state index in [0.717, 1.165) is 24.3 Å². The van der Waals surface area contributed by atoms with Gasteiger partial charge < -0.3 is 9.97 Å². The molecule has 7 aromatic rings. The number of hydrogen-bond donors (Lipinski definition) is 2. The average molecular weight is 759 g/mol. The fourth-order valence-corrected chi connectivity index (χ4v) is 7.11. The van der Waals surface area contributed by atoms with Crippen molar-refractivity contribution in [2.45, 2.75) is 0 Å². The number of benzene rings is 4. The maximum absolute atomic E-state index is 15.7. The summed E-state index contributed by atoms with van der Waals surface area (Å²) in [4.78, 5) is 16.0. The monoisotopic (exact) mass is 758 g/mol. The zero-order chi connectivity index (χ0) is 38.8. The fraction of sp³-hybridized carbons (Fsp3) is 0. The number of aromatic nitrogens is 4. The SMILES string of the molecule is Fc1ccc(-c2c3nc(c(-c4ccc(F)cc4F)c4ccc([nH]4)c(-c4ccc(F)cc4F)c4nc(c(-c5ccc(F)cc5F)c5ccc2[nH]5)C=C4)C=C3)c(F)c1. The van der Waals surface area contributed by atoms with Crippen LogP contribution in [-0.4, -0.2) is 19.9 Å². The molecule has 0 amide bonds. The van der Waals surface area contributed by atoms with E-state index in [-0.39, 0.29) is 89.4 Å². The third kappa shape index (κ3) is 5.95. The van der Waals surface area contributed by atoms with Crippen molar-refractivity contribution in [3.8, 4) is 44.5 Å². The average Bonchev–Trinajstić information content (AvgIpc) is 3.99. The summed E-state index contributed by atoms with van der Waals surface area (Å²) < 4.78 is 120. The number of hydrogen-bond acceptors (Lipinski definition) is 2. The molecule has 2 N–H and O–H groups in total. The molecule has 0 saturated carbocycles. The van der Waals surface area contributed by atoms with Crippen LogP contribution in [0.2, 0.25) is 0 Å². The van der Waals surface area contributed by atoms with E-state index in [9.17, 15) is 17.6 Å². The second-order valence-electron chi connectivity index (χ2n) is 13.0. The van der Waals surface area contributed by atoms with Gasteiger partial charge in [-0.05, 0) is 97.1 Å². The summed E-state index contributed by atoms with van der Waals surface area (Å²) in [6.45, 7) is 0. The van der Waals surface area contributed by atoms with Gasteiger partial charge in [-0.15, -0.1) is 0 Å². The number of fused-ring (bicyclic) bond motifs is 8. The number of rotatable bonds is 4. The Morgan fingerprint density at radius 1 is 0.304 bits per heavy atom. The fourth-order valence-electron chi connectivity index (χ4n) is 7.11. The Kier molecular flexibility index (Phi) is 8.26. The molecule has 274 valence electrons. The van der Waals surface area contributed by atoms with Gasteiger partial charge in [-0.25, -0.2) is 45.1 Å². The molecule has 0 saturated heterocycles. The van der Waals surface area contributed by atoms with Crippen LogP contribution < -0.4 is 0 Å². The van der Waals surface area contributed by atoms with E-state index < -0.39 is 46.5 Å². The molecule has 12 heteroatoms. The van der Waals surface area contributed by atoms with Crippen molar-refractivity contribution in [2.24, 2.45) is 0 Å². The second-order valence-corrected chi connectivity index (χ2v) is 13.0. The van der Waals surface area contributed by atoms with Gasteiger partial charge in [0.05, 0.1) is 22.8 Å². The highest BCUT2D eigenvalue weighted by Gasteiger charge is 2.23. The van der Waals surface area contributed by atoms with E-state index in [2.05, 4.69) is 9.97 Å². The minimum absolute atomic E-state index is 0.0639. The molecule has 0 fully saturated rings. The van der Waals surface area contributed by atoms with E-state index in [1.807, 2.05) is 0 Å². The number of halogens is 8. The Labute approximate surface area is 311 Å². The van der Waals surface area contributed by atoms with E-state index in [4.69, 9.17) is 9.97 Å². The zero-order valence-corrected chi connectivity index (χ0v) is 28.5. The largest absolute Gasteiger partial charge is 0.354 e. The minimum Gasteiger partial charge on any atom is -0.354 e. The van der Waals surface area contributed by atoms with Gasteiger partial charge in [0.15, 0.2) is 0 Å². The maximum Gasteiger partial charge on any atom is 0.134 e. The van der Waals surface area contributed by atoms with Crippen LogP contribution in [0.3, 0.4) is 0 Å². The predicted octanol–water partition coefficient (Wildman–Crippen LogP) is 12.4. The van der Waals surface area contributed by atoms with Crippen molar-refractivity contribution < 1.29 is 35.1 Å². The van der Waals surface area contributed by atoms with Crippen LogP contribution in [-0.2, 0) is 0 Å².